The van der Waals surface area contributed by atoms with Crippen LogP contribution in [-0.4, -0.2) is 19.1 Å². The Kier molecular flexibility index (Phi) is 2.92. The van der Waals surface area contributed by atoms with Crippen molar-refractivity contribution in [3.8, 4) is 35.2 Å². The molecule has 0 atom stereocenters. The number of hydrogen-bond acceptors (Lipinski definition) is 4. The molecule has 0 bridgehead atoms. The summed E-state index contributed by atoms with van der Waals surface area (Å²) in [5.41, 5.74) is 1.93. The number of allylic oxidation sites excluding steroid dienone is 2. The Morgan fingerprint density at radius 3 is 1.72 bits per heavy atom. The third kappa shape index (κ3) is 1.98. The standard InChI is InChI=1S/C21H14N2O2/c1-2-4-10-16-23-18-12-6-8-14-20(18)25-21(23)22(15-9-3-1)17-11-5-7-13-19(17)24-21/h1-2,5-8,11-14H,15-16H2/b2-1-. The molecule has 1 spiro atoms. The second kappa shape index (κ2) is 5.26. The van der Waals surface area contributed by atoms with Gasteiger partial charge in [0.25, 0.3) is 0 Å². The third-order valence-corrected chi connectivity index (χ3v) is 4.41. The molecule has 0 unspecified atom stereocenters. The number of para-hydroxylation sites is 4. The van der Waals surface area contributed by atoms with Gasteiger partial charge in [0.2, 0.25) is 0 Å². The normalized spacial score (nSPS) is 19.2. The molecule has 3 heterocycles. The van der Waals surface area contributed by atoms with E-state index in [-0.39, 0.29) is 0 Å². The molecule has 0 radical (unpaired) electrons. The van der Waals surface area contributed by atoms with Crippen molar-refractivity contribution < 1.29 is 9.47 Å². The summed E-state index contributed by atoms with van der Waals surface area (Å²) in [6, 6.07) is 14.8. The van der Waals surface area contributed by atoms with Crippen molar-refractivity contribution in [3.63, 3.8) is 0 Å². The van der Waals surface area contributed by atoms with Crippen LogP contribution in [0.15, 0.2) is 60.7 Å². The van der Waals surface area contributed by atoms with Crippen molar-refractivity contribution in [3.05, 3.63) is 60.7 Å². The first-order chi connectivity index (χ1) is 12.4. The van der Waals surface area contributed by atoms with E-state index in [0.29, 0.717) is 13.1 Å². The molecule has 0 aliphatic carbocycles. The summed E-state index contributed by atoms with van der Waals surface area (Å²) in [6.45, 7) is 0.956. The first-order valence-corrected chi connectivity index (χ1v) is 8.12. The highest BCUT2D eigenvalue weighted by Crippen LogP contribution is 2.51. The van der Waals surface area contributed by atoms with Gasteiger partial charge in [0, 0.05) is 0 Å². The number of rotatable bonds is 0. The smallest absolute Gasteiger partial charge is 0.416 e. The predicted octanol–water partition coefficient (Wildman–Crippen LogP) is 2.97. The van der Waals surface area contributed by atoms with Crippen LogP contribution < -0.4 is 19.3 Å². The minimum absolute atomic E-state index is 0.478. The summed E-state index contributed by atoms with van der Waals surface area (Å²) in [5.74, 6) is 13.9. The highest BCUT2D eigenvalue weighted by molar-refractivity contribution is 5.72. The SMILES string of the molecule is C1#CCN2c3ccccc3OC23Oc2ccccc2N3CC#C/C=C\1. The van der Waals surface area contributed by atoms with Gasteiger partial charge < -0.3 is 9.47 Å². The Balaban J connectivity index is 1.71. The van der Waals surface area contributed by atoms with Crippen molar-refractivity contribution in [1.29, 1.82) is 0 Å². The first-order valence-electron chi connectivity index (χ1n) is 8.12. The van der Waals surface area contributed by atoms with Crippen molar-refractivity contribution in [1.82, 2.24) is 0 Å². The highest BCUT2D eigenvalue weighted by atomic mass is 16.8. The summed E-state index contributed by atoms with van der Waals surface area (Å²) >= 11 is 0. The van der Waals surface area contributed by atoms with Crippen LogP contribution in [0.2, 0.25) is 0 Å². The zero-order chi connectivity index (χ0) is 16.7. The number of ether oxygens (including phenoxy) is 2. The van der Waals surface area contributed by atoms with Gasteiger partial charge >= 0.3 is 6.03 Å². The van der Waals surface area contributed by atoms with E-state index in [2.05, 4.69) is 33.5 Å². The average molecular weight is 326 g/mol. The van der Waals surface area contributed by atoms with Crippen molar-refractivity contribution in [2.45, 2.75) is 6.03 Å². The topological polar surface area (TPSA) is 24.9 Å². The van der Waals surface area contributed by atoms with Gasteiger partial charge in [-0.1, -0.05) is 47.9 Å². The predicted molar refractivity (Wildman–Crippen MR) is 96.3 cm³/mol. The second-order valence-corrected chi connectivity index (χ2v) is 5.84. The summed E-state index contributed by atoms with van der Waals surface area (Å²) in [7, 11) is 0. The van der Waals surface area contributed by atoms with Crippen LogP contribution in [0.5, 0.6) is 11.5 Å². The second-order valence-electron chi connectivity index (χ2n) is 5.84. The first kappa shape index (κ1) is 13.9. The van der Waals surface area contributed by atoms with Crippen LogP contribution in [0.25, 0.3) is 0 Å². The minimum atomic E-state index is -1.10. The maximum Gasteiger partial charge on any atom is 0.437 e. The van der Waals surface area contributed by atoms with E-state index in [1.54, 1.807) is 12.2 Å². The van der Waals surface area contributed by atoms with Crippen LogP contribution in [0, 0.1) is 23.7 Å². The van der Waals surface area contributed by atoms with E-state index < -0.39 is 6.03 Å². The lowest BCUT2D eigenvalue weighted by molar-refractivity contribution is -0.0836. The minimum Gasteiger partial charge on any atom is -0.416 e. The maximum absolute atomic E-state index is 6.35. The summed E-state index contributed by atoms with van der Waals surface area (Å²) < 4.78 is 12.7. The molecule has 2 aromatic rings. The lowest BCUT2D eigenvalue weighted by atomic mass is 10.2. The summed E-state index contributed by atoms with van der Waals surface area (Å²) in [4.78, 5) is 4.10. The van der Waals surface area contributed by atoms with Gasteiger partial charge in [0.15, 0.2) is 11.5 Å². The van der Waals surface area contributed by atoms with E-state index in [9.17, 15) is 0 Å². The van der Waals surface area contributed by atoms with Gasteiger partial charge in [-0.3, -0.25) is 9.80 Å². The Hall–Kier alpha value is -3.50. The molecule has 0 saturated carbocycles. The Morgan fingerprint density at radius 2 is 1.20 bits per heavy atom. The van der Waals surface area contributed by atoms with E-state index in [4.69, 9.17) is 9.47 Å². The molecular weight excluding hydrogens is 312 g/mol. The van der Waals surface area contributed by atoms with Crippen LogP contribution in [0.4, 0.5) is 11.4 Å². The molecule has 0 saturated heterocycles. The van der Waals surface area contributed by atoms with Gasteiger partial charge in [-0.05, 0) is 36.4 Å². The van der Waals surface area contributed by atoms with Crippen LogP contribution in [0.1, 0.15) is 0 Å². The zero-order valence-corrected chi connectivity index (χ0v) is 13.4. The third-order valence-electron chi connectivity index (χ3n) is 4.41. The molecule has 2 aromatic carbocycles. The van der Waals surface area contributed by atoms with Gasteiger partial charge in [-0.15, -0.1) is 0 Å². The molecule has 120 valence electrons. The fourth-order valence-corrected chi connectivity index (χ4v) is 3.33. The van der Waals surface area contributed by atoms with Crippen LogP contribution in [-0.2, 0) is 0 Å². The van der Waals surface area contributed by atoms with E-state index in [1.165, 1.54) is 0 Å². The van der Waals surface area contributed by atoms with Crippen LogP contribution >= 0.6 is 0 Å². The fraction of sp³-hybridized carbons (Fsp3) is 0.143. The largest absolute Gasteiger partial charge is 0.437 e. The van der Waals surface area contributed by atoms with Gasteiger partial charge in [-0.2, -0.15) is 0 Å². The monoisotopic (exact) mass is 326 g/mol. The fourth-order valence-electron chi connectivity index (χ4n) is 3.33. The number of benzene rings is 2. The molecule has 0 fully saturated rings. The van der Waals surface area contributed by atoms with E-state index in [0.717, 1.165) is 22.9 Å². The molecule has 0 aromatic heterocycles. The molecule has 3 aliphatic heterocycles. The van der Waals surface area contributed by atoms with E-state index >= 15 is 0 Å². The maximum atomic E-state index is 6.35. The van der Waals surface area contributed by atoms with Crippen molar-refractivity contribution in [2.75, 3.05) is 22.9 Å². The quantitative estimate of drug-likeness (QED) is 0.695. The lowest BCUT2D eigenvalue weighted by Gasteiger charge is -2.38. The Morgan fingerprint density at radius 1 is 0.720 bits per heavy atom. The highest BCUT2D eigenvalue weighted by Gasteiger charge is 2.58. The molecule has 3 aliphatic rings. The van der Waals surface area contributed by atoms with Crippen molar-refractivity contribution >= 4 is 11.4 Å². The molecule has 25 heavy (non-hydrogen) atoms. The molecule has 5 rings (SSSR count). The van der Waals surface area contributed by atoms with Gasteiger partial charge in [-0.25, -0.2) is 0 Å². The Labute approximate surface area is 146 Å². The summed E-state index contributed by atoms with van der Waals surface area (Å²) in [5, 5.41) is 0. The average Bonchev–Trinajstić information content (AvgIpc) is 3.10. The molecule has 0 N–H and O–H groups in total. The van der Waals surface area contributed by atoms with Gasteiger partial charge in [0.1, 0.15) is 0 Å². The number of hydrogen-bond donors (Lipinski definition) is 0. The number of fused-ring (bicyclic) bond motifs is 4. The lowest BCUT2D eigenvalue weighted by Crippen LogP contribution is -2.64. The number of nitrogens with zero attached hydrogens (tertiary/aromatic N) is 2. The zero-order valence-electron chi connectivity index (χ0n) is 13.4. The van der Waals surface area contributed by atoms with E-state index in [1.807, 2.05) is 48.5 Å². The summed E-state index contributed by atoms with van der Waals surface area (Å²) in [6.07, 6.45) is 3.54. The van der Waals surface area contributed by atoms with Crippen molar-refractivity contribution in [2.24, 2.45) is 0 Å². The molecule has 0 amide bonds. The van der Waals surface area contributed by atoms with Crippen LogP contribution in [0.3, 0.4) is 0 Å². The van der Waals surface area contributed by atoms with Gasteiger partial charge in [0.05, 0.1) is 24.5 Å². The molecule has 4 heteroatoms. The molecular formula is C21H14N2O2. The Bertz CT molecular complexity index is 922. The number of anilines is 2. The molecule has 4 nitrogen and oxygen atoms in total.